The van der Waals surface area contributed by atoms with Crippen molar-refractivity contribution in [1.82, 2.24) is 9.97 Å². The molecule has 2 aromatic heterocycles. The number of aromatic nitrogens is 2. The van der Waals surface area contributed by atoms with Crippen LogP contribution < -0.4 is 10.2 Å². The third-order valence-corrected chi connectivity index (χ3v) is 6.13. The molecule has 0 unspecified atom stereocenters. The van der Waals surface area contributed by atoms with Crippen molar-refractivity contribution in [3.63, 3.8) is 0 Å². The number of halogens is 4. The van der Waals surface area contributed by atoms with E-state index >= 15 is 0 Å². The highest BCUT2D eigenvalue weighted by Gasteiger charge is 2.33. The highest BCUT2D eigenvalue weighted by atomic mass is 35.5. The maximum Gasteiger partial charge on any atom is 0.417 e. The lowest BCUT2D eigenvalue weighted by molar-refractivity contribution is -0.137. The molecule has 1 N–H and O–H groups in total. The van der Waals surface area contributed by atoms with Crippen molar-refractivity contribution in [1.29, 1.82) is 0 Å². The second-order valence-electron chi connectivity index (χ2n) is 6.93. The first-order valence-electron chi connectivity index (χ1n) is 9.53. The molecule has 2 aromatic rings. The normalized spacial score (nSPS) is 15.1. The molecule has 0 spiro atoms. The highest BCUT2D eigenvalue weighted by Crippen LogP contribution is 2.35. The van der Waals surface area contributed by atoms with Crippen LogP contribution in [0.1, 0.15) is 40.7 Å². The maximum atomic E-state index is 12.8. The van der Waals surface area contributed by atoms with Gasteiger partial charge in [0.1, 0.15) is 10.7 Å². The molecule has 168 valence electrons. The standard InChI is InChI=1S/C19H20ClF3N4O3S/c1-3-30-17(29)14-10(2)25-18(31-14)26-16(28)11-4-6-27(7-5-11)15-13(20)8-12(9-24-15)19(21,22)23/h8-9,11H,3-7H2,1-2H3,(H,25,26,28). The number of hydrogen-bond acceptors (Lipinski definition) is 7. The van der Waals surface area contributed by atoms with Crippen LogP contribution in [0.25, 0.3) is 0 Å². The van der Waals surface area contributed by atoms with E-state index in [0.717, 1.165) is 23.6 Å². The molecule has 0 atom stereocenters. The Morgan fingerprint density at radius 1 is 1.35 bits per heavy atom. The SMILES string of the molecule is CCOC(=O)c1sc(NC(=O)C2CCN(c3ncc(C(F)(F)F)cc3Cl)CC2)nc1C. The molecular weight excluding hydrogens is 457 g/mol. The molecule has 3 rings (SSSR count). The van der Waals surface area contributed by atoms with Crippen LogP contribution in [0.3, 0.4) is 0 Å². The first kappa shape index (κ1) is 23.3. The number of nitrogens with one attached hydrogen (secondary N) is 1. The Morgan fingerprint density at radius 2 is 2.03 bits per heavy atom. The van der Waals surface area contributed by atoms with Gasteiger partial charge in [-0.2, -0.15) is 13.2 Å². The summed E-state index contributed by atoms with van der Waals surface area (Å²) in [5.41, 5.74) is -0.423. The monoisotopic (exact) mass is 476 g/mol. The molecule has 0 aromatic carbocycles. The van der Waals surface area contributed by atoms with Gasteiger partial charge in [0, 0.05) is 25.2 Å². The summed E-state index contributed by atoms with van der Waals surface area (Å²) in [4.78, 5) is 34.7. The minimum Gasteiger partial charge on any atom is -0.462 e. The summed E-state index contributed by atoms with van der Waals surface area (Å²) in [5, 5.41) is 2.97. The molecule has 1 saturated heterocycles. The summed E-state index contributed by atoms with van der Waals surface area (Å²) in [6, 6.07) is 0.856. The zero-order chi connectivity index (χ0) is 22.8. The van der Waals surface area contributed by atoms with Gasteiger partial charge in [0.05, 0.1) is 22.9 Å². The van der Waals surface area contributed by atoms with Gasteiger partial charge < -0.3 is 15.0 Å². The third kappa shape index (κ3) is 5.45. The second kappa shape index (κ2) is 9.39. The summed E-state index contributed by atoms with van der Waals surface area (Å²) < 4.78 is 43.3. The van der Waals surface area contributed by atoms with Crippen LogP contribution >= 0.6 is 22.9 Å². The quantitative estimate of drug-likeness (QED) is 0.637. The molecule has 12 heteroatoms. The first-order chi connectivity index (χ1) is 14.6. The number of carbonyl (C=O) groups is 2. The molecule has 0 bridgehead atoms. The predicted octanol–water partition coefficient (Wildman–Crippen LogP) is 4.55. The molecule has 7 nitrogen and oxygen atoms in total. The van der Waals surface area contributed by atoms with Gasteiger partial charge in [0.15, 0.2) is 5.13 Å². The topological polar surface area (TPSA) is 84.4 Å². The Labute approximate surface area is 185 Å². The Kier molecular flexibility index (Phi) is 7.05. The number of carbonyl (C=O) groups excluding carboxylic acids is 2. The van der Waals surface area contributed by atoms with Crippen LogP contribution in [0, 0.1) is 12.8 Å². The van der Waals surface area contributed by atoms with Gasteiger partial charge >= 0.3 is 12.1 Å². The number of nitrogens with zero attached hydrogens (tertiary/aromatic N) is 3. The van der Waals surface area contributed by atoms with E-state index in [-0.39, 0.29) is 29.3 Å². The fraction of sp³-hybridized carbons (Fsp3) is 0.474. The van der Waals surface area contributed by atoms with Crippen LogP contribution in [0.15, 0.2) is 12.3 Å². The number of aryl methyl sites for hydroxylation is 1. The second-order valence-corrected chi connectivity index (χ2v) is 8.34. The van der Waals surface area contributed by atoms with E-state index in [1.54, 1.807) is 18.7 Å². The fourth-order valence-electron chi connectivity index (χ4n) is 3.22. The number of alkyl halides is 3. The lowest BCUT2D eigenvalue weighted by Crippen LogP contribution is -2.38. The number of amides is 1. The van der Waals surface area contributed by atoms with Crippen LogP contribution in [-0.4, -0.2) is 41.5 Å². The average molecular weight is 477 g/mol. The van der Waals surface area contributed by atoms with Crippen molar-refractivity contribution in [2.45, 2.75) is 32.9 Å². The summed E-state index contributed by atoms with van der Waals surface area (Å²) in [6.07, 6.45) is -2.81. The first-order valence-corrected chi connectivity index (χ1v) is 10.7. The number of esters is 1. The Balaban J connectivity index is 1.59. The summed E-state index contributed by atoms with van der Waals surface area (Å²) in [5.74, 6) is -0.745. The van der Waals surface area contributed by atoms with Gasteiger partial charge in [-0.3, -0.25) is 4.79 Å². The van der Waals surface area contributed by atoms with Crippen LogP contribution in [-0.2, 0) is 15.7 Å². The average Bonchev–Trinajstić information content (AvgIpc) is 3.07. The van der Waals surface area contributed by atoms with Crippen molar-refractivity contribution in [3.05, 3.63) is 33.4 Å². The lowest BCUT2D eigenvalue weighted by atomic mass is 9.96. The molecular formula is C19H20ClF3N4O3S. The van der Waals surface area contributed by atoms with Gasteiger partial charge in [-0.1, -0.05) is 22.9 Å². The highest BCUT2D eigenvalue weighted by molar-refractivity contribution is 7.17. The van der Waals surface area contributed by atoms with Crippen molar-refractivity contribution in [3.8, 4) is 0 Å². The minimum atomic E-state index is -4.51. The van der Waals surface area contributed by atoms with E-state index in [1.807, 2.05) is 0 Å². The largest absolute Gasteiger partial charge is 0.462 e. The molecule has 1 fully saturated rings. The Bertz CT molecular complexity index is 975. The number of rotatable bonds is 5. The fourth-order valence-corrected chi connectivity index (χ4v) is 4.36. The van der Waals surface area contributed by atoms with E-state index in [0.29, 0.717) is 41.6 Å². The molecule has 1 amide bonds. The molecule has 3 heterocycles. The Hall–Kier alpha value is -2.40. The van der Waals surface area contributed by atoms with Crippen molar-refractivity contribution in [2.24, 2.45) is 5.92 Å². The van der Waals surface area contributed by atoms with Crippen molar-refractivity contribution < 1.29 is 27.5 Å². The number of pyridine rings is 1. The predicted molar refractivity (Wildman–Crippen MR) is 111 cm³/mol. The molecule has 0 aliphatic carbocycles. The van der Waals surface area contributed by atoms with Crippen LogP contribution in [0.5, 0.6) is 0 Å². The summed E-state index contributed by atoms with van der Waals surface area (Å²) >= 11 is 7.07. The molecule has 31 heavy (non-hydrogen) atoms. The lowest BCUT2D eigenvalue weighted by Gasteiger charge is -2.32. The van der Waals surface area contributed by atoms with E-state index in [2.05, 4.69) is 15.3 Å². The van der Waals surface area contributed by atoms with E-state index < -0.39 is 17.7 Å². The van der Waals surface area contributed by atoms with Gasteiger partial charge in [-0.25, -0.2) is 14.8 Å². The van der Waals surface area contributed by atoms with Crippen molar-refractivity contribution >= 4 is 45.8 Å². The number of anilines is 2. The zero-order valence-corrected chi connectivity index (χ0v) is 18.3. The smallest absolute Gasteiger partial charge is 0.417 e. The van der Waals surface area contributed by atoms with Gasteiger partial charge in [0.25, 0.3) is 0 Å². The van der Waals surface area contributed by atoms with Gasteiger partial charge in [0.2, 0.25) is 5.91 Å². The van der Waals surface area contributed by atoms with E-state index in [1.165, 1.54) is 0 Å². The zero-order valence-electron chi connectivity index (χ0n) is 16.8. The molecule has 1 aliphatic heterocycles. The maximum absolute atomic E-state index is 12.8. The Morgan fingerprint density at radius 3 is 2.61 bits per heavy atom. The summed E-state index contributed by atoms with van der Waals surface area (Å²) in [6.45, 7) is 4.45. The van der Waals surface area contributed by atoms with E-state index in [9.17, 15) is 22.8 Å². The summed E-state index contributed by atoms with van der Waals surface area (Å²) in [7, 11) is 0. The number of hydrogen-bond donors (Lipinski definition) is 1. The van der Waals surface area contributed by atoms with Gasteiger partial charge in [-0.05, 0) is 32.8 Å². The molecule has 1 aliphatic rings. The van der Waals surface area contributed by atoms with Crippen LogP contribution in [0.2, 0.25) is 5.02 Å². The van der Waals surface area contributed by atoms with Crippen molar-refractivity contribution in [2.75, 3.05) is 29.9 Å². The van der Waals surface area contributed by atoms with E-state index in [4.69, 9.17) is 16.3 Å². The number of piperidine rings is 1. The molecule has 0 radical (unpaired) electrons. The van der Waals surface area contributed by atoms with Crippen LogP contribution in [0.4, 0.5) is 24.1 Å². The third-order valence-electron chi connectivity index (χ3n) is 4.80. The number of thiazole rings is 1. The van der Waals surface area contributed by atoms with Gasteiger partial charge in [-0.15, -0.1) is 0 Å². The molecule has 0 saturated carbocycles. The number of ether oxygens (including phenoxy) is 1. The minimum absolute atomic E-state index is 0.0810.